The normalized spacial score (nSPS) is 16.8. The monoisotopic (exact) mass is 901 g/mol. The zero-order valence-corrected chi connectivity index (χ0v) is 38.6. The van der Waals surface area contributed by atoms with E-state index in [0.29, 0.717) is 31.6 Å². The van der Waals surface area contributed by atoms with Crippen molar-refractivity contribution in [2.24, 2.45) is 5.73 Å². The van der Waals surface area contributed by atoms with Gasteiger partial charge in [0.1, 0.15) is 23.4 Å². The molecule has 15 heteroatoms. The highest BCUT2D eigenvalue weighted by molar-refractivity contribution is 6.02. The Morgan fingerprint density at radius 2 is 1.52 bits per heavy atom. The molecule has 0 spiro atoms. The SMILES string of the molecule is COC(=O)C1(N(C(=O)CCNC(=O)CN2Cc3ccccc3C[C@H](NC(=O)[C@@H](C)N(C)C(=O)[C@@H](N)Cc3c(C)cc(O)cc3C)C2=O)c2ccccc2)CCN(CCc2ccccc2)CC1. The largest absolute Gasteiger partial charge is 0.508 e. The first-order chi connectivity index (χ1) is 31.6. The molecule has 2 aliphatic heterocycles. The molecule has 6 rings (SSSR count). The molecule has 15 nitrogen and oxygen atoms in total. The van der Waals surface area contributed by atoms with Crippen molar-refractivity contribution < 1.29 is 38.6 Å². The number of aromatic hydroxyl groups is 1. The Kier molecular flexibility index (Phi) is 16.3. The number of nitrogens with two attached hydrogens (primary N) is 1. The van der Waals surface area contributed by atoms with E-state index in [0.717, 1.165) is 40.8 Å². The Labute approximate surface area is 387 Å². The number of anilines is 1. The van der Waals surface area contributed by atoms with Crippen molar-refractivity contribution >= 4 is 41.2 Å². The number of rotatable bonds is 17. The minimum atomic E-state index is -1.26. The van der Waals surface area contributed by atoms with Gasteiger partial charge in [-0.2, -0.15) is 0 Å². The van der Waals surface area contributed by atoms with Gasteiger partial charge in [0.25, 0.3) is 0 Å². The summed E-state index contributed by atoms with van der Waals surface area (Å²) in [5.41, 5.74) is 10.9. The van der Waals surface area contributed by atoms with Crippen molar-refractivity contribution in [2.45, 2.75) is 89.5 Å². The highest BCUT2D eigenvalue weighted by Gasteiger charge is 2.50. The second kappa shape index (κ2) is 22.1. The van der Waals surface area contributed by atoms with Gasteiger partial charge < -0.3 is 40.9 Å². The van der Waals surface area contributed by atoms with Crippen molar-refractivity contribution in [1.29, 1.82) is 0 Å². The fourth-order valence-corrected chi connectivity index (χ4v) is 9.13. The van der Waals surface area contributed by atoms with Gasteiger partial charge in [0.05, 0.1) is 19.7 Å². The van der Waals surface area contributed by atoms with Crippen LogP contribution in [-0.4, -0.2) is 126 Å². The number of piperidine rings is 1. The molecule has 0 radical (unpaired) electrons. The van der Waals surface area contributed by atoms with Gasteiger partial charge in [0, 0.05) is 58.3 Å². The van der Waals surface area contributed by atoms with Gasteiger partial charge in [-0.3, -0.25) is 28.9 Å². The maximum absolute atomic E-state index is 14.3. The smallest absolute Gasteiger partial charge is 0.332 e. The molecule has 2 aliphatic rings. The van der Waals surface area contributed by atoms with E-state index in [-0.39, 0.29) is 50.6 Å². The molecule has 1 saturated heterocycles. The molecule has 350 valence electrons. The van der Waals surface area contributed by atoms with Crippen LogP contribution in [0, 0.1) is 13.8 Å². The lowest BCUT2D eigenvalue weighted by Crippen LogP contribution is -2.63. The summed E-state index contributed by atoms with van der Waals surface area (Å²) in [6.07, 6.45) is 1.81. The van der Waals surface area contributed by atoms with Crippen LogP contribution in [0.2, 0.25) is 0 Å². The van der Waals surface area contributed by atoms with E-state index in [1.54, 1.807) is 48.2 Å². The molecule has 0 bridgehead atoms. The average molecular weight is 902 g/mol. The van der Waals surface area contributed by atoms with Crippen LogP contribution in [0.1, 0.15) is 59.6 Å². The quantitative estimate of drug-likeness (QED) is 0.114. The minimum absolute atomic E-state index is 0.0634. The number of likely N-dealkylation sites (N-methyl/N-ethyl adjacent to an activating group) is 1. The molecule has 3 atom stereocenters. The van der Waals surface area contributed by atoms with Crippen molar-refractivity contribution in [3.05, 3.63) is 130 Å². The number of nitrogens with one attached hydrogen (secondary N) is 2. The number of para-hydroxylation sites is 1. The van der Waals surface area contributed by atoms with E-state index in [9.17, 15) is 33.9 Å². The number of amides is 5. The van der Waals surface area contributed by atoms with Gasteiger partial charge in [-0.05, 0) is 104 Å². The number of phenolic OH excluding ortho intramolecular Hbond substituents is 1. The van der Waals surface area contributed by atoms with Crippen LogP contribution in [0.25, 0.3) is 0 Å². The zero-order chi connectivity index (χ0) is 47.5. The summed E-state index contributed by atoms with van der Waals surface area (Å²) in [5.74, 6) is -2.76. The van der Waals surface area contributed by atoms with E-state index in [1.165, 1.54) is 29.5 Å². The molecule has 0 aliphatic carbocycles. The number of carbonyl (C=O) groups is 6. The molecular formula is C51H63N7O8. The Bertz CT molecular complexity index is 2350. The fraction of sp³-hybridized carbons (Fsp3) is 0.412. The standard InChI is InChI=1S/C51H63N7O8/c1-34-28-41(59)29-35(2)42(34)31-43(52)48(63)55(4)36(3)47(62)54-44-30-38-16-12-13-17-39(38)32-57(49(44)64)33-45(60)53-24-20-46(61)58(40-18-10-7-11-19-40)51(50(65)66-5)22-26-56(27-23-51)25-21-37-14-8-6-9-15-37/h6-19,28-29,36,43-44,59H,20-27,30-33,52H2,1-5H3,(H,53,60)(H,54,62)/t36-,43+,44+/m1/s1. The van der Waals surface area contributed by atoms with Gasteiger partial charge in [-0.15, -0.1) is 0 Å². The predicted molar refractivity (Wildman–Crippen MR) is 251 cm³/mol. The van der Waals surface area contributed by atoms with Gasteiger partial charge >= 0.3 is 5.97 Å². The highest BCUT2D eigenvalue weighted by Crippen LogP contribution is 2.35. The third-order valence-electron chi connectivity index (χ3n) is 13.1. The van der Waals surface area contributed by atoms with Crippen LogP contribution in [0.5, 0.6) is 5.75 Å². The first-order valence-corrected chi connectivity index (χ1v) is 22.6. The molecule has 0 aromatic heterocycles. The number of hydrogen-bond acceptors (Lipinski definition) is 10. The number of aryl methyl sites for hydroxylation is 2. The Balaban J connectivity index is 1.09. The summed E-state index contributed by atoms with van der Waals surface area (Å²) in [4.78, 5) is 89.6. The van der Waals surface area contributed by atoms with Crippen LogP contribution in [0.4, 0.5) is 5.69 Å². The van der Waals surface area contributed by atoms with Gasteiger partial charge in [0.2, 0.25) is 29.5 Å². The van der Waals surface area contributed by atoms with Crippen LogP contribution in [0.15, 0.2) is 97.1 Å². The van der Waals surface area contributed by atoms with E-state index in [2.05, 4.69) is 27.7 Å². The van der Waals surface area contributed by atoms with E-state index in [4.69, 9.17) is 10.5 Å². The van der Waals surface area contributed by atoms with Crippen LogP contribution >= 0.6 is 0 Å². The molecule has 4 aromatic carbocycles. The van der Waals surface area contributed by atoms with Gasteiger partial charge in [-0.25, -0.2) is 4.79 Å². The summed E-state index contributed by atoms with van der Waals surface area (Å²) in [7, 11) is 2.82. The molecule has 5 amide bonds. The van der Waals surface area contributed by atoms with Gasteiger partial charge in [-0.1, -0.05) is 72.8 Å². The number of nitrogens with zero attached hydrogens (tertiary/aromatic N) is 4. The number of ether oxygens (including phenoxy) is 1. The maximum atomic E-state index is 14.3. The molecule has 2 heterocycles. The average Bonchev–Trinajstić information content (AvgIpc) is 3.44. The number of carbonyl (C=O) groups excluding carboxylic acids is 6. The lowest BCUT2D eigenvalue weighted by Gasteiger charge is -2.46. The Hall–Kier alpha value is -6.58. The van der Waals surface area contributed by atoms with E-state index in [1.807, 2.05) is 62.4 Å². The molecule has 4 aromatic rings. The summed E-state index contributed by atoms with van der Waals surface area (Å²) >= 11 is 0. The van der Waals surface area contributed by atoms with Crippen molar-refractivity contribution in [3.63, 3.8) is 0 Å². The fourth-order valence-electron chi connectivity index (χ4n) is 9.13. The highest BCUT2D eigenvalue weighted by atomic mass is 16.5. The van der Waals surface area contributed by atoms with Crippen molar-refractivity contribution in [2.75, 3.05) is 51.8 Å². The molecular weight excluding hydrogens is 839 g/mol. The van der Waals surface area contributed by atoms with Crippen molar-refractivity contribution in [1.82, 2.24) is 25.3 Å². The van der Waals surface area contributed by atoms with Gasteiger partial charge in [0.15, 0.2) is 0 Å². The number of hydrogen-bond donors (Lipinski definition) is 4. The summed E-state index contributed by atoms with van der Waals surface area (Å²) in [6.45, 7) is 6.87. The molecule has 5 N–H and O–H groups in total. The summed E-state index contributed by atoms with van der Waals surface area (Å²) < 4.78 is 5.38. The lowest BCUT2D eigenvalue weighted by atomic mass is 9.84. The summed E-state index contributed by atoms with van der Waals surface area (Å²) in [5, 5.41) is 15.6. The number of methoxy groups -OCH3 is 1. The third kappa shape index (κ3) is 11.6. The Morgan fingerprint density at radius 3 is 2.15 bits per heavy atom. The number of phenols is 1. The molecule has 0 saturated carbocycles. The maximum Gasteiger partial charge on any atom is 0.332 e. The molecule has 66 heavy (non-hydrogen) atoms. The lowest BCUT2D eigenvalue weighted by molar-refractivity contribution is -0.151. The Morgan fingerprint density at radius 1 is 0.909 bits per heavy atom. The molecule has 1 fully saturated rings. The first-order valence-electron chi connectivity index (χ1n) is 22.6. The number of fused-ring (bicyclic) bond motifs is 1. The minimum Gasteiger partial charge on any atom is -0.508 e. The zero-order valence-electron chi connectivity index (χ0n) is 38.6. The number of likely N-dealkylation sites (tertiary alicyclic amines) is 1. The van der Waals surface area contributed by atoms with E-state index >= 15 is 0 Å². The number of esters is 1. The first kappa shape index (κ1) is 48.9. The number of benzene rings is 4. The van der Waals surface area contributed by atoms with Crippen LogP contribution in [0.3, 0.4) is 0 Å². The van der Waals surface area contributed by atoms with Crippen LogP contribution in [-0.2, 0) is 59.3 Å². The second-order valence-corrected chi connectivity index (χ2v) is 17.5. The summed E-state index contributed by atoms with van der Waals surface area (Å²) in [6, 6.07) is 26.9. The molecule has 0 unspecified atom stereocenters. The van der Waals surface area contributed by atoms with Crippen LogP contribution < -0.4 is 21.3 Å². The second-order valence-electron chi connectivity index (χ2n) is 17.5. The predicted octanol–water partition coefficient (Wildman–Crippen LogP) is 3.59. The van der Waals surface area contributed by atoms with Crippen molar-refractivity contribution in [3.8, 4) is 5.75 Å². The topological polar surface area (TPSA) is 195 Å². The third-order valence-corrected chi connectivity index (χ3v) is 13.1. The van der Waals surface area contributed by atoms with E-state index < -0.39 is 53.3 Å².